The highest BCUT2D eigenvalue weighted by Crippen LogP contribution is 2.33. The number of hydrogen-bond donors (Lipinski definition) is 1. The normalized spacial score (nSPS) is 18.9. The van der Waals surface area contributed by atoms with Gasteiger partial charge >= 0.3 is 0 Å². The second kappa shape index (κ2) is 7.09. The smallest absolute Gasteiger partial charge is 0.227 e. The highest BCUT2D eigenvalue weighted by Gasteiger charge is 2.40. The van der Waals surface area contributed by atoms with E-state index in [9.17, 15) is 0 Å². The standard InChI is InChI=1S/C21H28N4O2/c1-14-11-15(2)19(16(3)12-14)23-18-13-17(4)22-20(24-18)25-7-5-21(6-8-25)26-9-10-27-21/h11-13H,5-10H2,1-4H3,(H,22,23,24). The van der Waals surface area contributed by atoms with E-state index in [0.29, 0.717) is 13.2 Å². The number of rotatable bonds is 3. The second-order valence-corrected chi connectivity index (χ2v) is 7.69. The van der Waals surface area contributed by atoms with E-state index in [1.165, 1.54) is 16.7 Å². The Morgan fingerprint density at radius 2 is 1.56 bits per heavy atom. The quantitative estimate of drug-likeness (QED) is 0.889. The lowest BCUT2D eigenvalue weighted by Crippen LogP contribution is -2.45. The van der Waals surface area contributed by atoms with Gasteiger partial charge in [-0.05, 0) is 38.8 Å². The molecule has 0 radical (unpaired) electrons. The molecule has 1 spiro atoms. The molecule has 0 bridgehead atoms. The van der Waals surface area contributed by atoms with Gasteiger partial charge in [0.1, 0.15) is 5.82 Å². The van der Waals surface area contributed by atoms with Crippen molar-refractivity contribution in [1.82, 2.24) is 9.97 Å². The molecule has 27 heavy (non-hydrogen) atoms. The summed E-state index contributed by atoms with van der Waals surface area (Å²) in [6.45, 7) is 11.5. The molecule has 6 heteroatoms. The summed E-state index contributed by atoms with van der Waals surface area (Å²) in [5.41, 5.74) is 5.80. The summed E-state index contributed by atoms with van der Waals surface area (Å²) in [5, 5.41) is 3.51. The number of anilines is 3. The fourth-order valence-corrected chi connectivity index (χ4v) is 4.10. The van der Waals surface area contributed by atoms with Gasteiger partial charge in [-0.3, -0.25) is 0 Å². The lowest BCUT2D eigenvalue weighted by atomic mass is 10.0. The van der Waals surface area contributed by atoms with Crippen molar-refractivity contribution in [3.8, 4) is 0 Å². The Bertz CT molecular complexity index is 813. The highest BCUT2D eigenvalue weighted by molar-refractivity contribution is 5.66. The van der Waals surface area contributed by atoms with Crippen LogP contribution in [0.25, 0.3) is 0 Å². The molecule has 0 unspecified atom stereocenters. The molecule has 0 saturated carbocycles. The average Bonchev–Trinajstić information content (AvgIpc) is 3.06. The van der Waals surface area contributed by atoms with Crippen LogP contribution in [0.2, 0.25) is 0 Å². The Hall–Kier alpha value is -2.18. The summed E-state index contributed by atoms with van der Waals surface area (Å²) in [6.07, 6.45) is 1.70. The molecule has 144 valence electrons. The van der Waals surface area contributed by atoms with E-state index >= 15 is 0 Å². The largest absolute Gasteiger partial charge is 0.347 e. The number of piperidine rings is 1. The van der Waals surface area contributed by atoms with Gasteiger partial charge in [-0.25, -0.2) is 4.98 Å². The van der Waals surface area contributed by atoms with Gasteiger partial charge in [0, 0.05) is 43.4 Å². The van der Waals surface area contributed by atoms with Crippen LogP contribution in [-0.4, -0.2) is 42.1 Å². The highest BCUT2D eigenvalue weighted by atomic mass is 16.7. The van der Waals surface area contributed by atoms with Crippen LogP contribution in [0.1, 0.15) is 35.2 Å². The van der Waals surface area contributed by atoms with Crippen molar-refractivity contribution in [2.75, 3.05) is 36.5 Å². The van der Waals surface area contributed by atoms with E-state index < -0.39 is 0 Å². The summed E-state index contributed by atoms with van der Waals surface area (Å²) in [6, 6.07) is 6.38. The molecular formula is C21H28N4O2. The van der Waals surface area contributed by atoms with Gasteiger partial charge in [-0.1, -0.05) is 17.7 Å². The molecular weight excluding hydrogens is 340 g/mol. The molecule has 6 nitrogen and oxygen atoms in total. The molecule has 1 aromatic heterocycles. The first kappa shape index (κ1) is 18.2. The SMILES string of the molecule is Cc1cc(C)c(Nc2cc(C)nc(N3CCC4(CC3)OCCO4)n2)c(C)c1. The van der Waals surface area contributed by atoms with E-state index in [2.05, 4.69) is 48.1 Å². The molecule has 2 aromatic rings. The van der Waals surface area contributed by atoms with E-state index in [0.717, 1.165) is 49.1 Å². The minimum atomic E-state index is -0.377. The van der Waals surface area contributed by atoms with E-state index in [1.807, 2.05) is 13.0 Å². The zero-order valence-electron chi connectivity index (χ0n) is 16.6. The first-order chi connectivity index (χ1) is 12.9. The van der Waals surface area contributed by atoms with Crippen molar-refractivity contribution in [2.24, 2.45) is 0 Å². The molecule has 4 rings (SSSR count). The van der Waals surface area contributed by atoms with E-state index in [1.54, 1.807) is 0 Å². The third kappa shape index (κ3) is 3.77. The number of nitrogens with zero attached hydrogens (tertiary/aromatic N) is 3. The van der Waals surface area contributed by atoms with Gasteiger partial charge in [-0.2, -0.15) is 4.98 Å². The fourth-order valence-electron chi connectivity index (χ4n) is 4.10. The number of nitrogens with one attached hydrogen (secondary N) is 1. The fraction of sp³-hybridized carbons (Fsp3) is 0.524. The number of hydrogen-bond acceptors (Lipinski definition) is 6. The molecule has 0 aliphatic carbocycles. The minimum Gasteiger partial charge on any atom is -0.347 e. The Balaban J connectivity index is 1.54. The molecule has 2 saturated heterocycles. The predicted molar refractivity (Wildman–Crippen MR) is 107 cm³/mol. The van der Waals surface area contributed by atoms with Crippen LogP contribution in [0.15, 0.2) is 18.2 Å². The molecule has 1 N–H and O–H groups in total. The molecule has 2 aliphatic heterocycles. The van der Waals surface area contributed by atoms with Crippen molar-refractivity contribution in [3.63, 3.8) is 0 Å². The van der Waals surface area contributed by atoms with E-state index in [4.69, 9.17) is 14.5 Å². The molecule has 0 atom stereocenters. The summed E-state index contributed by atoms with van der Waals surface area (Å²) >= 11 is 0. The molecule has 2 aliphatic rings. The minimum absolute atomic E-state index is 0.377. The monoisotopic (exact) mass is 368 g/mol. The number of aromatic nitrogens is 2. The lowest BCUT2D eigenvalue weighted by Gasteiger charge is -2.37. The third-order valence-electron chi connectivity index (χ3n) is 5.39. The van der Waals surface area contributed by atoms with Gasteiger partial charge < -0.3 is 19.7 Å². The predicted octanol–water partition coefficient (Wildman–Crippen LogP) is 3.80. The topological polar surface area (TPSA) is 59.5 Å². The van der Waals surface area contributed by atoms with Crippen molar-refractivity contribution in [3.05, 3.63) is 40.6 Å². The maximum Gasteiger partial charge on any atom is 0.227 e. The van der Waals surface area contributed by atoms with Crippen LogP contribution in [0.4, 0.5) is 17.5 Å². The molecule has 3 heterocycles. The van der Waals surface area contributed by atoms with Crippen molar-refractivity contribution in [1.29, 1.82) is 0 Å². The van der Waals surface area contributed by atoms with Crippen molar-refractivity contribution in [2.45, 2.75) is 46.3 Å². The second-order valence-electron chi connectivity index (χ2n) is 7.69. The molecule has 1 aromatic carbocycles. The Labute approximate surface area is 160 Å². The number of aryl methyl sites for hydroxylation is 4. The Morgan fingerprint density at radius 3 is 2.19 bits per heavy atom. The Morgan fingerprint density at radius 1 is 0.926 bits per heavy atom. The summed E-state index contributed by atoms with van der Waals surface area (Å²) < 4.78 is 11.7. The Kier molecular flexibility index (Phi) is 4.78. The maximum absolute atomic E-state index is 5.83. The number of benzene rings is 1. The third-order valence-corrected chi connectivity index (χ3v) is 5.39. The zero-order chi connectivity index (χ0) is 19.0. The van der Waals surface area contributed by atoms with E-state index in [-0.39, 0.29) is 5.79 Å². The molecule has 2 fully saturated rings. The van der Waals surface area contributed by atoms with Crippen LogP contribution in [-0.2, 0) is 9.47 Å². The lowest BCUT2D eigenvalue weighted by molar-refractivity contribution is -0.169. The summed E-state index contributed by atoms with van der Waals surface area (Å²) in [7, 11) is 0. The van der Waals surface area contributed by atoms with Gasteiger partial charge in [0.25, 0.3) is 0 Å². The maximum atomic E-state index is 5.83. The first-order valence-electron chi connectivity index (χ1n) is 9.68. The van der Waals surface area contributed by atoms with Crippen LogP contribution in [0.5, 0.6) is 0 Å². The van der Waals surface area contributed by atoms with Crippen LogP contribution < -0.4 is 10.2 Å². The van der Waals surface area contributed by atoms with Gasteiger partial charge in [0.2, 0.25) is 5.95 Å². The zero-order valence-corrected chi connectivity index (χ0v) is 16.6. The van der Waals surface area contributed by atoms with Crippen molar-refractivity contribution >= 4 is 17.5 Å². The average molecular weight is 368 g/mol. The number of ether oxygens (including phenoxy) is 2. The van der Waals surface area contributed by atoms with Crippen LogP contribution in [0.3, 0.4) is 0 Å². The van der Waals surface area contributed by atoms with Gasteiger partial charge in [0.05, 0.1) is 13.2 Å². The first-order valence-corrected chi connectivity index (χ1v) is 9.68. The van der Waals surface area contributed by atoms with Crippen LogP contribution >= 0.6 is 0 Å². The van der Waals surface area contributed by atoms with Gasteiger partial charge in [-0.15, -0.1) is 0 Å². The summed E-state index contributed by atoms with van der Waals surface area (Å²) in [4.78, 5) is 11.7. The van der Waals surface area contributed by atoms with Crippen LogP contribution in [0, 0.1) is 27.7 Å². The van der Waals surface area contributed by atoms with Crippen molar-refractivity contribution < 1.29 is 9.47 Å². The van der Waals surface area contributed by atoms with Gasteiger partial charge in [0.15, 0.2) is 5.79 Å². The molecule has 0 amide bonds. The summed E-state index contributed by atoms with van der Waals surface area (Å²) in [5.74, 6) is 1.23.